The highest BCUT2D eigenvalue weighted by atomic mass is 19.4. The maximum absolute atomic E-state index is 12.8. The number of nitrogens with zero attached hydrogens (tertiary/aromatic N) is 4. The van der Waals surface area contributed by atoms with Gasteiger partial charge in [0.05, 0.1) is 0 Å². The van der Waals surface area contributed by atoms with Crippen LogP contribution in [0, 0.1) is 0 Å². The predicted octanol–water partition coefficient (Wildman–Crippen LogP) is 3.55. The van der Waals surface area contributed by atoms with Crippen molar-refractivity contribution in [1.29, 1.82) is 0 Å². The fraction of sp³-hybridized carbons (Fsp3) is 0.400. The second-order valence-electron chi connectivity index (χ2n) is 5.27. The SMILES string of the molecule is FC(F)(F)c1cc(C(F)(F)F)n([BH2-]n2nc(C(F)(F)F)cc2C(F)(F)F)n1. The van der Waals surface area contributed by atoms with Gasteiger partial charge in [-0.05, 0) is 12.1 Å². The summed E-state index contributed by atoms with van der Waals surface area (Å²) >= 11 is 0. The zero-order valence-electron chi connectivity index (χ0n) is 12.5. The smallest absolute Gasteiger partial charge is 0.418 e. The van der Waals surface area contributed by atoms with Crippen LogP contribution in [0.3, 0.4) is 0 Å². The van der Waals surface area contributed by atoms with Crippen molar-refractivity contribution in [2.24, 2.45) is 0 Å². The Kier molecular flexibility index (Phi) is 4.72. The van der Waals surface area contributed by atoms with Gasteiger partial charge >= 0.3 is 24.7 Å². The van der Waals surface area contributed by atoms with Crippen molar-refractivity contribution < 1.29 is 52.7 Å². The molecule has 0 aromatic carbocycles. The van der Waals surface area contributed by atoms with E-state index >= 15 is 0 Å². The van der Waals surface area contributed by atoms with Gasteiger partial charge in [0.1, 0.15) is 11.4 Å². The summed E-state index contributed by atoms with van der Waals surface area (Å²) in [5, 5.41) is 5.11. The average molecular weight is 419 g/mol. The van der Waals surface area contributed by atoms with Crippen molar-refractivity contribution in [2.75, 3.05) is 0 Å². The lowest BCUT2D eigenvalue weighted by atomic mass is 10.1. The van der Waals surface area contributed by atoms with Crippen LogP contribution in [0.15, 0.2) is 12.1 Å². The van der Waals surface area contributed by atoms with Crippen molar-refractivity contribution in [3.05, 3.63) is 34.9 Å². The standard InChI is InChI=1S/C10H4BF12N4/c12-7(13,14)3-1-5(9(18,19)20)26(24-3)11-27-6(10(21,22)23)2-4(25-27)8(15,16)17/h1-2H,11H2/q-1. The van der Waals surface area contributed by atoms with Gasteiger partial charge in [-0.25, -0.2) is 10.2 Å². The van der Waals surface area contributed by atoms with Crippen LogP contribution in [0.4, 0.5) is 52.7 Å². The molecule has 0 N–H and O–H groups in total. The molecule has 152 valence electrons. The first-order valence-corrected chi connectivity index (χ1v) is 6.61. The van der Waals surface area contributed by atoms with Gasteiger partial charge in [-0.1, -0.05) is 0 Å². The van der Waals surface area contributed by atoms with Crippen LogP contribution in [-0.4, -0.2) is 26.9 Å². The highest BCUT2D eigenvalue weighted by molar-refractivity contribution is 6.31. The van der Waals surface area contributed by atoms with Crippen molar-refractivity contribution in [3.63, 3.8) is 0 Å². The summed E-state index contributed by atoms with van der Waals surface area (Å²) < 4.78 is 152. The van der Waals surface area contributed by atoms with Gasteiger partial charge in [0, 0.05) is 0 Å². The molecule has 0 amide bonds. The van der Waals surface area contributed by atoms with Gasteiger partial charge in [-0.15, -0.1) is 0 Å². The minimum Gasteiger partial charge on any atom is -0.418 e. The lowest BCUT2D eigenvalue weighted by Gasteiger charge is -2.20. The van der Waals surface area contributed by atoms with Crippen molar-refractivity contribution in [1.82, 2.24) is 19.4 Å². The Labute approximate surface area is 140 Å². The maximum atomic E-state index is 12.8. The molecule has 0 saturated heterocycles. The molecule has 0 aliphatic heterocycles. The van der Waals surface area contributed by atoms with E-state index in [9.17, 15) is 52.7 Å². The van der Waals surface area contributed by atoms with Crippen LogP contribution in [0.5, 0.6) is 0 Å². The number of halogens is 12. The van der Waals surface area contributed by atoms with Gasteiger partial charge < -0.3 is 9.19 Å². The summed E-state index contributed by atoms with van der Waals surface area (Å²) in [7, 11) is -3.20. The number of aromatic nitrogens is 4. The molecule has 27 heavy (non-hydrogen) atoms. The second-order valence-corrected chi connectivity index (χ2v) is 5.27. The number of alkyl halides is 12. The van der Waals surface area contributed by atoms with E-state index in [2.05, 4.69) is 10.2 Å². The van der Waals surface area contributed by atoms with E-state index in [-0.39, 0.29) is 0 Å². The van der Waals surface area contributed by atoms with E-state index in [0.717, 1.165) is 0 Å². The zero-order valence-corrected chi connectivity index (χ0v) is 12.5. The van der Waals surface area contributed by atoms with E-state index in [1.54, 1.807) is 0 Å². The van der Waals surface area contributed by atoms with Crippen LogP contribution in [0.2, 0.25) is 0 Å². The Morgan fingerprint density at radius 3 is 1.07 bits per heavy atom. The molecule has 0 atom stereocenters. The molecule has 0 fully saturated rings. The molecule has 2 aromatic rings. The fourth-order valence-corrected chi connectivity index (χ4v) is 2.23. The number of hydrogen-bond acceptors (Lipinski definition) is 2. The van der Waals surface area contributed by atoms with Crippen LogP contribution in [0.25, 0.3) is 0 Å². The predicted molar refractivity (Wildman–Crippen MR) is 63.8 cm³/mol. The summed E-state index contributed by atoms with van der Waals surface area (Å²) in [5.41, 5.74) is -8.25. The van der Waals surface area contributed by atoms with Crippen LogP contribution >= 0.6 is 0 Å². The molecule has 0 spiro atoms. The lowest BCUT2D eigenvalue weighted by Crippen LogP contribution is -2.29. The number of rotatable bonds is 2. The summed E-state index contributed by atoms with van der Waals surface area (Å²) in [6.45, 7) is 0. The van der Waals surface area contributed by atoms with E-state index in [1.165, 1.54) is 0 Å². The first kappa shape index (κ1) is 21.0. The Hall–Kier alpha value is -2.36. The Balaban J connectivity index is 2.60. The van der Waals surface area contributed by atoms with Gasteiger partial charge in [-0.3, -0.25) is 0 Å². The monoisotopic (exact) mass is 419 g/mol. The molecular formula is C10H4BF12N4-. The molecule has 0 radical (unpaired) electrons. The molecule has 2 heterocycles. The van der Waals surface area contributed by atoms with Crippen LogP contribution in [-0.2, 0) is 24.7 Å². The zero-order chi connectivity index (χ0) is 21.0. The molecule has 2 rings (SSSR count). The third-order valence-corrected chi connectivity index (χ3v) is 3.30. The molecule has 2 aromatic heterocycles. The highest BCUT2D eigenvalue weighted by Crippen LogP contribution is 2.37. The average Bonchev–Trinajstić information content (AvgIpc) is 3.00. The molecule has 17 heteroatoms. The third kappa shape index (κ3) is 4.49. The van der Waals surface area contributed by atoms with Crippen molar-refractivity contribution >= 4 is 7.55 Å². The van der Waals surface area contributed by atoms with Gasteiger partial charge in [0.25, 0.3) is 0 Å². The minimum atomic E-state index is -5.45. The maximum Gasteiger partial charge on any atom is 0.435 e. The molecule has 0 aliphatic carbocycles. The molecule has 0 unspecified atom stereocenters. The topological polar surface area (TPSA) is 35.6 Å². The fourth-order valence-electron chi connectivity index (χ4n) is 2.23. The lowest BCUT2D eigenvalue weighted by molar-refractivity contribution is -0.144. The highest BCUT2D eigenvalue weighted by Gasteiger charge is 2.42. The van der Waals surface area contributed by atoms with Gasteiger partial charge in [-0.2, -0.15) is 52.7 Å². The summed E-state index contributed by atoms with van der Waals surface area (Å²) in [5.74, 6) is 0. The first-order chi connectivity index (χ1) is 11.9. The Morgan fingerprint density at radius 1 is 0.556 bits per heavy atom. The molecule has 0 aliphatic rings. The molecule has 4 nitrogen and oxygen atoms in total. The Morgan fingerprint density at radius 2 is 0.852 bits per heavy atom. The third-order valence-electron chi connectivity index (χ3n) is 3.30. The van der Waals surface area contributed by atoms with Crippen LogP contribution < -0.4 is 0 Å². The molecule has 0 bridgehead atoms. The second kappa shape index (κ2) is 6.08. The van der Waals surface area contributed by atoms with Crippen molar-refractivity contribution in [3.8, 4) is 0 Å². The summed E-state index contributed by atoms with van der Waals surface area (Å²) in [4.78, 5) is 0. The summed E-state index contributed by atoms with van der Waals surface area (Å²) in [6.07, 6.45) is -21.6. The van der Waals surface area contributed by atoms with Crippen molar-refractivity contribution in [2.45, 2.75) is 24.7 Å². The van der Waals surface area contributed by atoms with E-state index < -0.39 is 76.3 Å². The molecular weight excluding hydrogens is 415 g/mol. The van der Waals surface area contributed by atoms with E-state index in [0.29, 0.717) is 0 Å². The molecule has 0 saturated carbocycles. The van der Waals surface area contributed by atoms with Crippen LogP contribution in [0.1, 0.15) is 22.8 Å². The van der Waals surface area contributed by atoms with E-state index in [4.69, 9.17) is 0 Å². The minimum absolute atomic E-state index is 0.439. The normalized spacial score (nSPS) is 14.1. The number of hydrogen-bond donors (Lipinski definition) is 0. The first-order valence-electron chi connectivity index (χ1n) is 6.61. The Bertz CT molecular complexity index is 753. The van der Waals surface area contributed by atoms with Gasteiger partial charge in [0.2, 0.25) is 0 Å². The summed E-state index contributed by atoms with van der Waals surface area (Å²) in [6, 6.07) is -0.907. The quantitative estimate of drug-likeness (QED) is 0.552. The van der Waals surface area contributed by atoms with Gasteiger partial charge in [0.15, 0.2) is 18.9 Å². The largest absolute Gasteiger partial charge is 0.435 e. The van der Waals surface area contributed by atoms with E-state index in [1.807, 2.05) is 0 Å².